The summed E-state index contributed by atoms with van der Waals surface area (Å²) in [7, 11) is 1.64. The standard InChI is InChI=1S/C27H28N2O3/c1-18-4-11-23(16-25(18)21-7-5-20(6-8-21)17-28-19(2)30)29-26(31)27(14-15-27)22-9-12-24(32-3)13-10-22/h4-13,16H,14-15,17H2,1-3H3,(H,28,30)(H,29,31). The van der Waals surface area contributed by atoms with Gasteiger partial charge in [0.25, 0.3) is 0 Å². The first-order valence-electron chi connectivity index (χ1n) is 10.8. The molecule has 0 aromatic heterocycles. The predicted molar refractivity (Wildman–Crippen MR) is 127 cm³/mol. The lowest BCUT2D eigenvalue weighted by Crippen LogP contribution is -2.27. The fourth-order valence-corrected chi connectivity index (χ4v) is 3.97. The van der Waals surface area contributed by atoms with Gasteiger partial charge in [-0.1, -0.05) is 42.5 Å². The average Bonchev–Trinajstić information content (AvgIpc) is 3.62. The SMILES string of the molecule is COc1ccc(C2(C(=O)Nc3ccc(C)c(-c4ccc(CNC(C)=O)cc4)c3)CC2)cc1. The molecule has 1 aliphatic rings. The molecule has 0 radical (unpaired) electrons. The van der Waals surface area contributed by atoms with E-state index in [9.17, 15) is 9.59 Å². The van der Waals surface area contributed by atoms with Crippen LogP contribution in [-0.2, 0) is 21.5 Å². The summed E-state index contributed by atoms with van der Waals surface area (Å²) in [4.78, 5) is 24.3. The van der Waals surface area contributed by atoms with Gasteiger partial charge in [0.15, 0.2) is 0 Å². The van der Waals surface area contributed by atoms with Crippen LogP contribution in [0, 0.1) is 6.92 Å². The first-order valence-corrected chi connectivity index (χ1v) is 10.8. The summed E-state index contributed by atoms with van der Waals surface area (Å²) in [5.41, 5.74) is 5.68. The van der Waals surface area contributed by atoms with Crippen molar-refractivity contribution in [3.63, 3.8) is 0 Å². The number of rotatable bonds is 7. The monoisotopic (exact) mass is 428 g/mol. The number of hydrogen-bond donors (Lipinski definition) is 2. The lowest BCUT2D eigenvalue weighted by Gasteiger charge is -2.17. The quantitative estimate of drug-likeness (QED) is 0.558. The van der Waals surface area contributed by atoms with Crippen molar-refractivity contribution in [2.45, 2.75) is 38.6 Å². The maximum absolute atomic E-state index is 13.2. The minimum atomic E-state index is -0.456. The third-order valence-corrected chi connectivity index (χ3v) is 6.13. The summed E-state index contributed by atoms with van der Waals surface area (Å²) in [5, 5.41) is 5.95. The molecule has 3 aromatic rings. The highest BCUT2D eigenvalue weighted by Gasteiger charge is 2.51. The van der Waals surface area contributed by atoms with Crippen molar-refractivity contribution in [3.05, 3.63) is 83.4 Å². The minimum absolute atomic E-state index is 0.0307. The van der Waals surface area contributed by atoms with Gasteiger partial charge in [-0.15, -0.1) is 0 Å². The number of hydrogen-bond acceptors (Lipinski definition) is 3. The fraction of sp³-hybridized carbons (Fsp3) is 0.259. The van der Waals surface area contributed by atoms with Gasteiger partial charge in [0, 0.05) is 19.2 Å². The first kappa shape index (κ1) is 21.6. The minimum Gasteiger partial charge on any atom is -0.497 e. The molecule has 2 N–H and O–H groups in total. The Morgan fingerprint density at radius 1 is 0.969 bits per heavy atom. The second-order valence-electron chi connectivity index (χ2n) is 8.40. The molecule has 3 aromatic carbocycles. The molecule has 4 rings (SSSR count). The fourth-order valence-electron chi connectivity index (χ4n) is 3.97. The summed E-state index contributed by atoms with van der Waals surface area (Å²) in [6.07, 6.45) is 1.69. The van der Waals surface area contributed by atoms with E-state index in [0.717, 1.165) is 52.1 Å². The molecule has 5 heteroatoms. The van der Waals surface area contributed by atoms with E-state index in [1.54, 1.807) is 7.11 Å². The maximum Gasteiger partial charge on any atom is 0.235 e. The number of ether oxygens (including phenoxy) is 1. The number of methoxy groups -OCH3 is 1. The average molecular weight is 429 g/mol. The molecular formula is C27H28N2O3. The highest BCUT2D eigenvalue weighted by molar-refractivity contribution is 6.01. The molecule has 0 heterocycles. The Balaban J connectivity index is 1.51. The van der Waals surface area contributed by atoms with Gasteiger partial charge >= 0.3 is 0 Å². The van der Waals surface area contributed by atoms with Gasteiger partial charge in [0.2, 0.25) is 11.8 Å². The van der Waals surface area contributed by atoms with Crippen LogP contribution in [0.1, 0.15) is 36.5 Å². The predicted octanol–water partition coefficient (Wildman–Crippen LogP) is 4.98. The molecule has 2 amide bonds. The van der Waals surface area contributed by atoms with Gasteiger partial charge in [0.05, 0.1) is 12.5 Å². The van der Waals surface area contributed by atoms with E-state index >= 15 is 0 Å². The van der Waals surface area contributed by atoms with Crippen LogP contribution in [0.5, 0.6) is 5.75 Å². The van der Waals surface area contributed by atoms with E-state index in [1.165, 1.54) is 6.92 Å². The van der Waals surface area contributed by atoms with Crippen molar-refractivity contribution in [2.24, 2.45) is 0 Å². The highest BCUT2D eigenvalue weighted by Crippen LogP contribution is 2.49. The Kier molecular flexibility index (Phi) is 5.99. The van der Waals surface area contributed by atoms with Crippen molar-refractivity contribution in [3.8, 4) is 16.9 Å². The van der Waals surface area contributed by atoms with Crippen LogP contribution in [0.15, 0.2) is 66.7 Å². The lowest BCUT2D eigenvalue weighted by molar-refractivity contribution is -0.119. The van der Waals surface area contributed by atoms with Gasteiger partial charge in [-0.3, -0.25) is 9.59 Å². The first-order chi connectivity index (χ1) is 15.4. The van der Waals surface area contributed by atoms with Crippen LogP contribution in [0.3, 0.4) is 0 Å². The third-order valence-electron chi connectivity index (χ3n) is 6.13. The van der Waals surface area contributed by atoms with Crippen LogP contribution in [-0.4, -0.2) is 18.9 Å². The van der Waals surface area contributed by atoms with Gasteiger partial charge in [0.1, 0.15) is 5.75 Å². The molecule has 0 atom stereocenters. The van der Waals surface area contributed by atoms with Crippen LogP contribution in [0.25, 0.3) is 11.1 Å². The number of carbonyl (C=O) groups excluding carboxylic acids is 2. The molecule has 1 saturated carbocycles. The van der Waals surface area contributed by atoms with E-state index in [2.05, 4.69) is 17.6 Å². The Morgan fingerprint density at radius 2 is 1.66 bits per heavy atom. The van der Waals surface area contributed by atoms with Gasteiger partial charge in [-0.25, -0.2) is 0 Å². The zero-order chi connectivity index (χ0) is 22.7. The van der Waals surface area contributed by atoms with Gasteiger partial charge < -0.3 is 15.4 Å². The van der Waals surface area contributed by atoms with E-state index in [4.69, 9.17) is 4.74 Å². The Labute approximate surface area is 188 Å². The zero-order valence-electron chi connectivity index (χ0n) is 18.7. The Bertz CT molecular complexity index is 1130. The van der Waals surface area contributed by atoms with Crippen LogP contribution in [0.2, 0.25) is 0 Å². The number of benzene rings is 3. The molecule has 1 aliphatic carbocycles. The van der Waals surface area contributed by atoms with Crippen LogP contribution in [0.4, 0.5) is 5.69 Å². The second-order valence-corrected chi connectivity index (χ2v) is 8.40. The smallest absolute Gasteiger partial charge is 0.235 e. The number of amides is 2. The normalized spacial score (nSPS) is 13.8. The zero-order valence-corrected chi connectivity index (χ0v) is 18.7. The summed E-state index contributed by atoms with van der Waals surface area (Å²) >= 11 is 0. The molecule has 1 fully saturated rings. The van der Waals surface area contributed by atoms with Crippen molar-refractivity contribution in [2.75, 3.05) is 12.4 Å². The number of nitrogens with one attached hydrogen (secondary N) is 2. The number of aryl methyl sites for hydroxylation is 1. The van der Waals surface area contributed by atoms with E-state index in [1.807, 2.05) is 66.7 Å². The highest BCUT2D eigenvalue weighted by atomic mass is 16.5. The molecule has 164 valence electrons. The summed E-state index contributed by atoms with van der Waals surface area (Å²) in [5.74, 6) is 0.774. The van der Waals surface area contributed by atoms with E-state index in [0.29, 0.717) is 6.54 Å². The number of anilines is 1. The van der Waals surface area contributed by atoms with E-state index in [-0.39, 0.29) is 11.8 Å². The van der Waals surface area contributed by atoms with Crippen molar-refractivity contribution in [1.82, 2.24) is 5.32 Å². The molecule has 0 aliphatic heterocycles. The molecule has 0 bridgehead atoms. The third kappa shape index (κ3) is 4.52. The van der Waals surface area contributed by atoms with Crippen molar-refractivity contribution in [1.29, 1.82) is 0 Å². The molecule has 0 unspecified atom stereocenters. The molecular weight excluding hydrogens is 400 g/mol. The van der Waals surface area contributed by atoms with Gasteiger partial charge in [-0.05, 0) is 71.8 Å². The molecule has 5 nitrogen and oxygen atoms in total. The van der Waals surface area contributed by atoms with Crippen LogP contribution >= 0.6 is 0 Å². The summed E-state index contributed by atoms with van der Waals surface area (Å²) in [6, 6.07) is 21.9. The molecule has 0 saturated heterocycles. The second kappa shape index (κ2) is 8.87. The Morgan fingerprint density at radius 3 is 2.25 bits per heavy atom. The molecule has 0 spiro atoms. The molecule has 32 heavy (non-hydrogen) atoms. The van der Waals surface area contributed by atoms with Crippen molar-refractivity contribution >= 4 is 17.5 Å². The van der Waals surface area contributed by atoms with Crippen molar-refractivity contribution < 1.29 is 14.3 Å². The number of carbonyl (C=O) groups is 2. The summed E-state index contributed by atoms with van der Waals surface area (Å²) < 4.78 is 5.24. The lowest BCUT2D eigenvalue weighted by atomic mass is 9.94. The van der Waals surface area contributed by atoms with Gasteiger partial charge in [-0.2, -0.15) is 0 Å². The Hall–Kier alpha value is -3.60. The van der Waals surface area contributed by atoms with E-state index < -0.39 is 5.41 Å². The maximum atomic E-state index is 13.2. The van der Waals surface area contributed by atoms with Crippen LogP contribution < -0.4 is 15.4 Å². The topological polar surface area (TPSA) is 67.4 Å². The largest absolute Gasteiger partial charge is 0.497 e. The summed E-state index contributed by atoms with van der Waals surface area (Å²) in [6.45, 7) is 4.09.